The summed E-state index contributed by atoms with van der Waals surface area (Å²) in [5, 5.41) is 23.1. The first-order chi connectivity index (χ1) is 31.2. The molecule has 0 aliphatic carbocycles. The number of allylic oxidation sites excluding steroid dienone is 15. The lowest BCUT2D eigenvalue weighted by molar-refractivity contribution is -0.123. The van der Waals surface area contributed by atoms with Crippen molar-refractivity contribution in [2.45, 2.75) is 264 Å². The van der Waals surface area contributed by atoms with Gasteiger partial charge in [0.05, 0.1) is 18.8 Å². The number of nitrogens with one attached hydrogen (secondary N) is 1. The standard InChI is InChI=1S/C59H103NO3/c1-3-5-7-9-11-13-15-17-19-21-23-24-25-26-27-28-29-30-31-32-33-34-35-36-37-39-41-43-45-47-49-51-53-55-59(63)60-57(56-61)58(62)54-52-50-48-46-44-42-40-38-22-20-18-16-14-12-10-8-6-4-2/h5,7,11,13,17,19,23-24,26-27,29-30,44,46,52,54,57-58,61-62H,3-4,6,8-10,12,14-16,18,20-22,25,28,31-43,45,47-51,53,55-56H2,1-2H3,(H,60,63)/b7-5-,13-11-,19-17-,24-23-,27-26-,30-29-,46-44+,54-52+. The molecule has 2 atom stereocenters. The molecule has 63 heavy (non-hydrogen) atoms. The van der Waals surface area contributed by atoms with Crippen LogP contribution in [0.1, 0.15) is 251 Å². The van der Waals surface area contributed by atoms with E-state index in [4.69, 9.17) is 0 Å². The molecular weight excluding hydrogens is 771 g/mol. The molecule has 0 bridgehead atoms. The van der Waals surface area contributed by atoms with Crippen molar-refractivity contribution in [2.24, 2.45) is 0 Å². The predicted octanol–water partition coefficient (Wildman–Crippen LogP) is 17.7. The first-order valence-corrected chi connectivity index (χ1v) is 27.0. The van der Waals surface area contributed by atoms with Crippen LogP contribution in [0, 0.1) is 0 Å². The summed E-state index contributed by atoms with van der Waals surface area (Å²) in [7, 11) is 0. The van der Waals surface area contributed by atoms with E-state index in [9.17, 15) is 15.0 Å². The topological polar surface area (TPSA) is 69.6 Å². The minimum atomic E-state index is -0.867. The van der Waals surface area contributed by atoms with Gasteiger partial charge >= 0.3 is 0 Å². The van der Waals surface area contributed by atoms with Gasteiger partial charge in [0, 0.05) is 6.42 Å². The van der Waals surface area contributed by atoms with Gasteiger partial charge in [0.2, 0.25) is 5.91 Å². The fourth-order valence-corrected chi connectivity index (χ4v) is 7.73. The van der Waals surface area contributed by atoms with E-state index in [0.29, 0.717) is 6.42 Å². The molecule has 0 fully saturated rings. The molecule has 2 unspecified atom stereocenters. The van der Waals surface area contributed by atoms with Crippen LogP contribution in [0.15, 0.2) is 97.2 Å². The molecule has 0 heterocycles. The monoisotopic (exact) mass is 874 g/mol. The molecule has 4 nitrogen and oxygen atoms in total. The molecule has 0 aromatic rings. The zero-order valence-electron chi connectivity index (χ0n) is 41.6. The molecule has 0 aromatic carbocycles. The summed E-state index contributed by atoms with van der Waals surface area (Å²) in [6.45, 7) is 4.19. The lowest BCUT2D eigenvalue weighted by Gasteiger charge is -2.19. The molecule has 0 radical (unpaired) electrons. The lowest BCUT2D eigenvalue weighted by atomic mass is 10.0. The lowest BCUT2D eigenvalue weighted by Crippen LogP contribution is -2.45. The smallest absolute Gasteiger partial charge is 0.220 e. The second kappa shape index (κ2) is 53.6. The number of aliphatic hydroxyl groups excluding tert-OH is 2. The van der Waals surface area contributed by atoms with Crippen molar-refractivity contribution in [3.8, 4) is 0 Å². The molecule has 0 rings (SSSR count). The van der Waals surface area contributed by atoms with Crippen LogP contribution >= 0.6 is 0 Å². The summed E-state index contributed by atoms with van der Waals surface area (Å²) < 4.78 is 0. The van der Waals surface area contributed by atoms with E-state index in [2.05, 4.69) is 104 Å². The van der Waals surface area contributed by atoms with Crippen LogP contribution in [-0.4, -0.2) is 34.9 Å². The summed E-state index contributed by atoms with van der Waals surface area (Å²) in [5.41, 5.74) is 0. The van der Waals surface area contributed by atoms with Gasteiger partial charge in [0.25, 0.3) is 0 Å². The van der Waals surface area contributed by atoms with Crippen molar-refractivity contribution in [3.05, 3.63) is 97.2 Å². The van der Waals surface area contributed by atoms with Crippen LogP contribution < -0.4 is 5.32 Å². The summed E-state index contributed by atoms with van der Waals surface area (Å²) in [5.74, 6) is -0.0767. The van der Waals surface area contributed by atoms with Crippen molar-refractivity contribution in [1.29, 1.82) is 0 Å². The minimum Gasteiger partial charge on any atom is -0.394 e. The molecule has 0 aliphatic rings. The second-order valence-electron chi connectivity index (χ2n) is 17.9. The average molecular weight is 874 g/mol. The summed E-state index contributed by atoms with van der Waals surface area (Å²) in [6.07, 6.45) is 79.8. The number of carbonyl (C=O) groups excluding carboxylic acids is 1. The summed E-state index contributed by atoms with van der Waals surface area (Å²) in [6, 6.07) is -0.644. The largest absolute Gasteiger partial charge is 0.394 e. The Morgan fingerprint density at radius 1 is 0.397 bits per heavy atom. The third-order valence-electron chi connectivity index (χ3n) is 11.8. The van der Waals surface area contributed by atoms with Gasteiger partial charge in [-0.3, -0.25) is 4.79 Å². The fraction of sp³-hybridized carbons (Fsp3) is 0.712. The van der Waals surface area contributed by atoms with E-state index in [0.717, 1.165) is 70.6 Å². The van der Waals surface area contributed by atoms with Crippen LogP contribution in [0.25, 0.3) is 0 Å². The Morgan fingerprint density at radius 3 is 1.11 bits per heavy atom. The Balaban J connectivity index is 3.56. The Morgan fingerprint density at radius 2 is 0.714 bits per heavy atom. The molecule has 0 aliphatic heterocycles. The SMILES string of the molecule is CC/C=C\C/C=C\C/C=C\C/C=C\C/C=C\C/C=C\CCCCCCCCCCCCCCCCC(=O)NC(CO)C(O)/C=C/CC/C=C/CCCCCCCCCCCCCC. The van der Waals surface area contributed by atoms with E-state index in [1.807, 2.05) is 6.08 Å². The van der Waals surface area contributed by atoms with E-state index in [-0.39, 0.29) is 12.5 Å². The second-order valence-corrected chi connectivity index (χ2v) is 17.9. The van der Waals surface area contributed by atoms with Crippen LogP contribution in [0.5, 0.6) is 0 Å². The van der Waals surface area contributed by atoms with Crippen LogP contribution in [0.4, 0.5) is 0 Å². The average Bonchev–Trinajstić information content (AvgIpc) is 3.29. The van der Waals surface area contributed by atoms with Gasteiger partial charge in [-0.2, -0.15) is 0 Å². The van der Waals surface area contributed by atoms with Gasteiger partial charge in [-0.25, -0.2) is 0 Å². The molecule has 0 spiro atoms. The maximum atomic E-state index is 12.5. The molecule has 4 heteroatoms. The van der Waals surface area contributed by atoms with Crippen LogP contribution in [-0.2, 0) is 4.79 Å². The van der Waals surface area contributed by atoms with E-state index < -0.39 is 12.1 Å². The highest BCUT2D eigenvalue weighted by molar-refractivity contribution is 5.76. The van der Waals surface area contributed by atoms with Crippen molar-refractivity contribution in [3.63, 3.8) is 0 Å². The van der Waals surface area contributed by atoms with Crippen molar-refractivity contribution >= 4 is 5.91 Å². The molecule has 362 valence electrons. The fourth-order valence-electron chi connectivity index (χ4n) is 7.73. The summed E-state index contributed by atoms with van der Waals surface area (Å²) in [4.78, 5) is 12.5. The maximum absolute atomic E-state index is 12.5. The number of rotatable bonds is 48. The highest BCUT2D eigenvalue weighted by Gasteiger charge is 2.17. The first-order valence-electron chi connectivity index (χ1n) is 27.0. The molecule has 1 amide bonds. The number of hydrogen-bond acceptors (Lipinski definition) is 3. The van der Waals surface area contributed by atoms with Gasteiger partial charge in [-0.15, -0.1) is 0 Å². The predicted molar refractivity (Wildman–Crippen MR) is 280 cm³/mol. The number of carbonyl (C=O) groups is 1. The molecule has 0 aromatic heterocycles. The van der Waals surface area contributed by atoms with Crippen LogP contribution in [0.3, 0.4) is 0 Å². The Hall–Kier alpha value is -2.69. The van der Waals surface area contributed by atoms with Gasteiger partial charge in [0.1, 0.15) is 0 Å². The highest BCUT2D eigenvalue weighted by atomic mass is 16.3. The highest BCUT2D eigenvalue weighted by Crippen LogP contribution is 2.15. The number of hydrogen-bond donors (Lipinski definition) is 3. The minimum absolute atomic E-state index is 0.0767. The van der Waals surface area contributed by atoms with E-state index in [1.54, 1.807) is 6.08 Å². The number of aliphatic hydroxyl groups is 2. The van der Waals surface area contributed by atoms with Gasteiger partial charge in [-0.1, -0.05) is 259 Å². The Bertz CT molecular complexity index is 1170. The van der Waals surface area contributed by atoms with Gasteiger partial charge < -0.3 is 15.5 Å². The normalized spacial score (nSPS) is 13.7. The third-order valence-corrected chi connectivity index (χ3v) is 11.8. The molecule has 0 saturated carbocycles. The van der Waals surface area contributed by atoms with Crippen molar-refractivity contribution in [2.75, 3.05) is 6.61 Å². The van der Waals surface area contributed by atoms with Gasteiger partial charge in [0.15, 0.2) is 0 Å². The Labute approximate surface area is 392 Å². The van der Waals surface area contributed by atoms with E-state index in [1.165, 1.54) is 161 Å². The quantitative estimate of drug-likeness (QED) is 0.0421. The van der Waals surface area contributed by atoms with Crippen molar-refractivity contribution in [1.82, 2.24) is 5.32 Å². The number of unbranched alkanes of at least 4 members (excludes halogenated alkanes) is 27. The first kappa shape index (κ1) is 60.3. The summed E-state index contributed by atoms with van der Waals surface area (Å²) >= 11 is 0. The van der Waals surface area contributed by atoms with E-state index >= 15 is 0 Å². The zero-order valence-corrected chi connectivity index (χ0v) is 41.6. The molecule has 3 N–H and O–H groups in total. The van der Waals surface area contributed by atoms with Crippen LogP contribution in [0.2, 0.25) is 0 Å². The maximum Gasteiger partial charge on any atom is 0.220 e. The van der Waals surface area contributed by atoms with Gasteiger partial charge in [-0.05, 0) is 83.5 Å². The zero-order chi connectivity index (χ0) is 45.6. The third kappa shape index (κ3) is 50.2. The molecule has 0 saturated heterocycles. The van der Waals surface area contributed by atoms with Crippen molar-refractivity contribution < 1.29 is 15.0 Å². The number of amides is 1. The molecular formula is C59H103NO3. The Kier molecular flexibility index (Phi) is 51.4.